The topological polar surface area (TPSA) is 44.8 Å². The highest BCUT2D eigenvalue weighted by Crippen LogP contribution is 2.29. The van der Waals surface area contributed by atoms with E-state index in [2.05, 4.69) is 22.9 Å². The van der Waals surface area contributed by atoms with Crippen molar-refractivity contribution < 1.29 is 9.53 Å². The van der Waals surface area contributed by atoms with Crippen LogP contribution in [0.5, 0.6) is 5.75 Å². The molecule has 0 saturated carbocycles. The lowest BCUT2D eigenvalue weighted by atomic mass is 10.0. The number of anilines is 1. The van der Waals surface area contributed by atoms with Crippen molar-refractivity contribution in [1.82, 2.24) is 10.2 Å². The van der Waals surface area contributed by atoms with Gasteiger partial charge in [0.15, 0.2) is 0 Å². The van der Waals surface area contributed by atoms with Gasteiger partial charge in [0, 0.05) is 32.2 Å². The van der Waals surface area contributed by atoms with Gasteiger partial charge in [-0.15, -0.1) is 0 Å². The summed E-state index contributed by atoms with van der Waals surface area (Å²) in [5, 5.41) is 3.16. The zero-order chi connectivity index (χ0) is 17.5. The van der Waals surface area contributed by atoms with Crippen molar-refractivity contribution in [2.75, 3.05) is 38.2 Å². The van der Waals surface area contributed by atoms with E-state index in [9.17, 15) is 4.79 Å². The minimum absolute atomic E-state index is 0.0104. The lowest BCUT2D eigenvalue weighted by Gasteiger charge is -2.35. The van der Waals surface area contributed by atoms with E-state index in [-0.39, 0.29) is 12.1 Å². The standard InChI is InChI=1S/C19H29N3O2/c1-5-21(14-15(2)3)19(23)20-16-10-12-22(13-11-16)17-8-6-7-9-18(17)24-4/h6-9,16H,2,5,10-14H2,1,3-4H3,(H,20,23). The van der Waals surface area contributed by atoms with Crippen molar-refractivity contribution in [3.8, 4) is 5.75 Å². The number of methoxy groups -OCH3 is 1. The van der Waals surface area contributed by atoms with Gasteiger partial charge in [-0.3, -0.25) is 0 Å². The van der Waals surface area contributed by atoms with E-state index in [1.165, 1.54) is 0 Å². The molecule has 132 valence electrons. The second-order valence-electron chi connectivity index (χ2n) is 6.35. The molecule has 0 radical (unpaired) electrons. The van der Waals surface area contributed by atoms with Crippen molar-refractivity contribution in [2.24, 2.45) is 0 Å². The van der Waals surface area contributed by atoms with Gasteiger partial charge in [-0.1, -0.05) is 24.3 Å². The predicted octanol–water partition coefficient (Wildman–Crippen LogP) is 3.27. The Kier molecular flexibility index (Phi) is 6.53. The zero-order valence-electron chi connectivity index (χ0n) is 15.0. The van der Waals surface area contributed by atoms with Crippen LogP contribution in [0.3, 0.4) is 0 Å². The Morgan fingerprint density at radius 1 is 1.38 bits per heavy atom. The molecule has 1 aromatic rings. The molecule has 0 bridgehead atoms. The van der Waals surface area contributed by atoms with Crippen molar-refractivity contribution in [3.05, 3.63) is 36.4 Å². The molecular formula is C19H29N3O2. The van der Waals surface area contributed by atoms with E-state index in [1.54, 1.807) is 12.0 Å². The van der Waals surface area contributed by atoms with Gasteiger partial charge in [0.25, 0.3) is 0 Å². The minimum atomic E-state index is 0.0104. The first-order chi connectivity index (χ1) is 11.5. The van der Waals surface area contributed by atoms with Crippen LogP contribution in [-0.2, 0) is 0 Å². The molecular weight excluding hydrogens is 302 g/mol. The van der Waals surface area contributed by atoms with Gasteiger partial charge in [-0.2, -0.15) is 0 Å². The summed E-state index contributed by atoms with van der Waals surface area (Å²) < 4.78 is 5.45. The molecule has 1 N–H and O–H groups in total. The minimum Gasteiger partial charge on any atom is -0.495 e. The maximum atomic E-state index is 12.4. The molecule has 1 aliphatic heterocycles. The molecule has 0 aliphatic carbocycles. The highest BCUT2D eigenvalue weighted by molar-refractivity contribution is 5.74. The maximum Gasteiger partial charge on any atom is 0.317 e. The number of amides is 2. The summed E-state index contributed by atoms with van der Waals surface area (Å²) in [5.41, 5.74) is 2.13. The lowest BCUT2D eigenvalue weighted by Crippen LogP contribution is -2.49. The van der Waals surface area contributed by atoms with Crippen LogP contribution in [0, 0.1) is 0 Å². The number of rotatable bonds is 6. The number of hydrogen-bond donors (Lipinski definition) is 1. The van der Waals surface area contributed by atoms with Crippen LogP contribution in [-0.4, -0.2) is 50.3 Å². The Hall–Kier alpha value is -2.17. The molecule has 24 heavy (non-hydrogen) atoms. The van der Waals surface area contributed by atoms with Crippen LogP contribution in [0.25, 0.3) is 0 Å². The molecule has 0 unspecified atom stereocenters. The van der Waals surface area contributed by atoms with E-state index in [1.807, 2.05) is 32.0 Å². The molecule has 1 aromatic carbocycles. The molecule has 1 fully saturated rings. The van der Waals surface area contributed by atoms with E-state index in [0.29, 0.717) is 13.1 Å². The number of carbonyl (C=O) groups is 1. The fourth-order valence-corrected chi connectivity index (χ4v) is 3.07. The number of carbonyl (C=O) groups excluding carboxylic acids is 1. The summed E-state index contributed by atoms with van der Waals surface area (Å²) in [7, 11) is 1.70. The van der Waals surface area contributed by atoms with E-state index in [4.69, 9.17) is 4.74 Å². The number of nitrogens with one attached hydrogen (secondary N) is 1. The van der Waals surface area contributed by atoms with Crippen LogP contribution in [0.1, 0.15) is 26.7 Å². The van der Waals surface area contributed by atoms with Gasteiger partial charge in [0.05, 0.1) is 12.8 Å². The zero-order valence-corrected chi connectivity index (χ0v) is 15.0. The molecule has 1 heterocycles. The number of piperidine rings is 1. The Morgan fingerprint density at radius 3 is 2.62 bits per heavy atom. The number of ether oxygens (including phenoxy) is 1. The summed E-state index contributed by atoms with van der Waals surface area (Å²) in [6.07, 6.45) is 1.88. The summed E-state index contributed by atoms with van der Waals surface area (Å²) in [4.78, 5) is 16.5. The summed E-state index contributed by atoms with van der Waals surface area (Å²) in [6.45, 7) is 11.0. The normalized spacial score (nSPS) is 15.0. The third-order valence-electron chi connectivity index (χ3n) is 4.38. The second kappa shape index (κ2) is 8.62. The molecule has 2 amide bonds. The largest absolute Gasteiger partial charge is 0.495 e. The van der Waals surface area contributed by atoms with Crippen LogP contribution >= 0.6 is 0 Å². The molecule has 5 heteroatoms. The average molecular weight is 331 g/mol. The molecule has 1 aliphatic rings. The summed E-state index contributed by atoms with van der Waals surface area (Å²) >= 11 is 0. The number of likely N-dealkylation sites (N-methyl/N-ethyl adjacent to an activating group) is 1. The highest BCUT2D eigenvalue weighted by Gasteiger charge is 2.23. The Balaban J connectivity index is 1.88. The number of hydrogen-bond acceptors (Lipinski definition) is 3. The Morgan fingerprint density at radius 2 is 2.04 bits per heavy atom. The first-order valence-electron chi connectivity index (χ1n) is 8.63. The number of urea groups is 1. The van der Waals surface area contributed by atoms with Crippen molar-refractivity contribution in [3.63, 3.8) is 0 Å². The Labute approximate surface area is 145 Å². The monoisotopic (exact) mass is 331 g/mol. The quantitative estimate of drug-likeness (QED) is 0.814. The van der Waals surface area contributed by atoms with Crippen LogP contribution in [0.15, 0.2) is 36.4 Å². The van der Waals surface area contributed by atoms with Gasteiger partial charge >= 0.3 is 6.03 Å². The highest BCUT2D eigenvalue weighted by atomic mass is 16.5. The van der Waals surface area contributed by atoms with E-state index < -0.39 is 0 Å². The molecule has 0 spiro atoms. The van der Waals surface area contributed by atoms with Crippen molar-refractivity contribution >= 4 is 11.7 Å². The Bertz CT molecular complexity index is 565. The number of para-hydroxylation sites is 2. The molecule has 5 nitrogen and oxygen atoms in total. The molecule has 1 saturated heterocycles. The molecule has 0 aromatic heterocycles. The van der Waals surface area contributed by atoms with Gasteiger partial charge in [-0.05, 0) is 38.8 Å². The smallest absolute Gasteiger partial charge is 0.317 e. The van der Waals surface area contributed by atoms with Gasteiger partial charge in [0.1, 0.15) is 5.75 Å². The van der Waals surface area contributed by atoms with Crippen LogP contribution in [0.2, 0.25) is 0 Å². The third kappa shape index (κ3) is 4.66. The average Bonchev–Trinajstić information content (AvgIpc) is 2.60. The van der Waals surface area contributed by atoms with Crippen molar-refractivity contribution in [2.45, 2.75) is 32.7 Å². The maximum absolute atomic E-state index is 12.4. The van der Waals surface area contributed by atoms with Crippen LogP contribution in [0.4, 0.5) is 10.5 Å². The summed E-state index contributed by atoms with van der Waals surface area (Å²) in [6, 6.07) is 8.32. The first kappa shape index (κ1) is 18.2. The van der Waals surface area contributed by atoms with Crippen LogP contribution < -0.4 is 15.0 Å². The van der Waals surface area contributed by atoms with Gasteiger partial charge < -0.3 is 19.9 Å². The molecule has 0 atom stereocenters. The third-order valence-corrected chi connectivity index (χ3v) is 4.38. The summed E-state index contributed by atoms with van der Waals surface area (Å²) in [5.74, 6) is 0.901. The fourth-order valence-electron chi connectivity index (χ4n) is 3.07. The second-order valence-corrected chi connectivity index (χ2v) is 6.35. The SMILES string of the molecule is C=C(C)CN(CC)C(=O)NC1CCN(c2ccccc2OC)CC1. The van der Waals surface area contributed by atoms with Gasteiger partial charge in [0.2, 0.25) is 0 Å². The fraction of sp³-hybridized carbons (Fsp3) is 0.526. The van der Waals surface area contributed by atoms with E-state index >= 15 is 0 Å². The molecule has 2 rings (SSSR count). The van der Waals surface area contributed by atoms with E-state index in [0.717, 1.165) is 42.9 Å². The predicted molar refractivity (Wildman–Crippen MR) is 98.8 cm³/mol. The van der Waals surface area contributed by atoms with Gasteiger partial charge in [-0.25, -0.2) is 4.79 Å². The first-order valence-corrected chi connectivity index (χ1v) is 8.63. The van der Waals surface area contributed by atoms with Crippen molar-refractivity contribution in [1.29, 1.82) is 0 Å². The number of nitrogens with zero attached hydrogens (tertiary/aromatic N) is 2. The number of benzene rings is 1. The lowest BCUT2D eigenvalue weighted by molar-refractivity contribution is 0.198.